The van der Waals surface area contributed by atoms with Crippen LogP contribution in [0.4, 0.5) is 0 Å². The van der Waals surface area contributed by atoms with Gasteiger partial charge in [0, 0.05) is 31.7 Å². The highest BCUT2D eigenvalue weighted by molar-refractivity contribution is 4.84. The maximum Gasteiger partial charge on any atom is 0.0192 e. The minimum absolute atomic E-state index is 0.735. The van der Waals surface area contributed by atoms with E-state index >= 15 is 0 Å². The van der Waals surface area contributed by atoms with E-state index in [1.165, 1.54) is 45.6 Å². The number of likely N-dealkylation sites (N-methyl/N-ethyl adjacent to an activating group) is 1. The second-order valence-corrected chi connectivity index (χ2v) is 4.81. The molecule has 14 heavy (non-hydrogen) atoms. The molecule has 3 nitrogen and oxygen atoms in total. The number of nitrogens with zero attached hydrogens (tertiary/aromatic N) is 2. The SMILES string of the molecule is CC1CN(C2CCNCC2)CCN1C. The third kappa shape index (κ3) is 2.27. The topological polar surface area (TPSA) is 18.5 Å². The summed E-state index contributed by atoms with van der Waals surface area (Å²) < 4.78 is 0. The molecule has 82 valence electrons. The van der Waals surface area contributed by atoms with Gasteiger partial charge in [0.15, 0.2) is 0 Å². The lowest BCUT2D eigenvalue weighted by molar-refractivity contribution is 0.0603. The number of hydrogen-bond donors (Lipinski definition) is 1. The molecule has 1 N–H and O–H groups in total. The Morgan fingerprint density at radius 3 is 2.50 bits per heavy atom. The molecule has 0 spiro atoms. The Hall–Kier alpha value is -0.120. The van der Waals surface area contributed by atoms with Gasteiger partial charge in [-0.15, -0.1) is 0 Å². The van der Waals surface area contributed by atoms with Crippen molar-refractivity contribution in [3.05, 3.63) is 0 Å². The van der Waals surface area contributed by atoms with E-state index in [0.29, 0.717) is 0 Å². The number of piperazine rings is 1. The van der Waals surface area contributed by atoms with Gasteiger partial charge in [-0.2, -0.15) is 0 Å². The van der Waals surface area contributed by atoms with Crippen LogP contribution in [0.15, 0.2) is 0 Å². The zero-order chi connectivity index (χ0) is 9.97. The fraction of sp³-hybridized carbons (Fsp3) is 1.00. The third-order valence-electron chi connectivity index (χ3n) is 3.82. The summed E-state index contributed by atoms with van der Waals surface area (Å²) in [6.45, 7) is 8.54. The normalized spacial score (nSPS) is 33.4. The number of nitrogens with one attached hydrogen (secondary N) is 1. The highest BCUT2D eigenvalue weighted by Gasteiger charge is 2.26. The lowest BCUT2D eigenvalue weighted by atomic mass is 10.0. The first kappa shape index (κ1) is 10.4. The van der Waals surface area contributed by atoms with Crippen molar-refractivity contribution < 1.29 is 0 Å². The Bertz CT molecular complexity index is 177. The van der Waals surface area contributed by atoms with Gasteiger partial charge in [-0.3, -0.25) is 4.90 Å². The van der Waals surface area contributed by atoms with Crippen molar-refractivity contribution in [1.29, 1.82) is 0 Å². The van der Waals surface area contributed by atoms with Gasteiger partial charge in [0.05, 0.1) is 0 Å². The van der Waals surface area contributed by atoms with Crippen molar-refractivity contribution in [2.75, 3.05) is 39.8 Å². The lowest BCUT2D eigenvalue weighted by Gasteiger charge is -2.43. The zero-order valence-corrected chi connectivity index (χ0v) is 9.50. The second kappa shape index (κ2) is 4.60. The molecule has 0 aromatic rings. The second-order valence-electron chi connectivity index (χ2n) is 4.81. The molecule has 0 aromatic carbocycles. The van der Waals surface area contributed by atoms with Gasteiger partial charge in [-0.1, -0.05) is 0 Å². The molecule has 2 aliphatic heterocycles. The number of hydrogen-bond acceptors (Lipinski definition) is 3. The molecule has 2 aliphatic rings. The first-order valence-electron chi connectivity index (χ1n) is 5.92. The summed E-state index contributed by atoms with van der Waals surface area (Å²) in [4.78, 5) is 5.17. The van der Waals surface area contributed by atoms with E-state index in [2.05, 4.69) is 29.1 Å². The van der Waals surface area contributed by atoms with Gasteiger partial charge in [0.2, 0.25) is 0 Å². The molecule has 2 saturated heterocycles. The number of piperidine rings is 1. The van der Waals surface area contributed by atoms with Crippen molar-refractivity contribution in [3.63, 3.8) is 0 Å². The molecule has 2 rings (SSSR count). The van der Waals surface area contributed by atoms with Crippen LogP contribution >= 0.6 is 0 Å². The summed E-state index contributed by atoms with van der Waals surface area (Å²) in [5.41, 5.74) is 0. The van der Waals surface area contributed by atoms with Crippen LogP contribution in [-0.2, 0) is 0 Å². The minimum atomic E-state index is 0.735. The molecule has 0 bridgehead atoms. The first-order chi connectivity index (χ1) is 6.77. The van der Waals surface area contributed by atoms with Crippen LogP contribution in [0.2, 0.25) is 0 Å². The van der Waals surface area contributed by atoms with Gasteiger partial charge in [-0.25, -0.2) is 0 Å². The van der Waals surface area contributed by atoms with E-state index in [1.807, 2.05) is 0 Å². The van der Waals surface area contributed by atoms with Gasteiger partial charge in [-0.05, 0) is 39.9 Å². The third-order valence-corrected chi connectivity index (χ3v) is 3.82. The van der Waals surface area contributed by atoms with Crippen LogP contribution in [0.25, 0.3) is 0 Å². The molecule has 1 unspecified atom stereocenters. The van der Waals surface area contributed by atoms with Crippen molar-refractivity contribution in [3.8, 4) is 0 Å². The maximum atomic E-state index is 3.44. The van der Waals surface area contributed by atoms with E-state index in [1.54, 1.807) is 0 Å². The van der Waals surface area contributed by atoms with E-state index < -0.39 is 0 Å². The Labute approximate surface area is 87.4 Å². The summed E-state index contributed by atoms with van der Waals surface area (Å²) in [7, 11) is 2.24. The van der Waals surface area contributed by atoms with Crippen molar-refractivity contribution in [1.82, 2.24) is 15.1 Å². The molecule has 2 heterocycles. The predicted molar refractivity (Wildman–Crippen MR) is 59.6 cm³/mol. The molecule has 3 heteroatoms. The fourth-order valence-corrected chi connectivity index (χ4v) is 2.58. The van der Waals surface area contributed by atoms with Crippen LogP contribution < -0.4 is 5.32 Å². The quantitative estimate of drug-likeness (QED) is 0.655. The van der Waals surface area contributed by atoms with Gasteiger partial charge in [0.25, 0.3) is 0 Å². The average Bonchev–Trinajstić information content (AvgIpc) is 2.23. The largest absolute Gasteiger partial charge is 0.317 e. The molecule has 2 fully saturated rings. The van der Waals surface area contributed by atoms with Gasteiger partial charge < -0.3 is 10.2 Å². The first-order valence-corrected chi connectivity index (χ1v) is 5.92. The monoisotopic (exact) mass is 197 g/mol. The molecule has 0 amide bonds. The Morgan fingerprint density at radius 2 is 1.86 bits per heavy atom. The van der Waals surface area contributed by atoms with Crippen molar-refractivity contribution >= 4 is 0 Å². The summed E-state index contributed by atoms with van der Waals surface area (Å²) in [5, 5.41) is 3.44. The number of rotatable bonds is 1. The molecular weight excluding hydrogens is 174 g/mol. The fourth-order valence-electron chi connectivity index (χ4n) is 2.58. The molecule has 0 aliphatic carbocycles. The highest BCUT2D eigenvalue weighted by Crippen LogP contribution is 2.16. The van der Waals surface area contributed by atoms with Crippen LogP contribution in [0.1, 0.15) is 19.8 Å². The smallest absolute Gasteiger partial charge is 0.0192 e. The van der Waals surface area contributed by atoms with Crippen molar-refractivity contribution in [2.24, 2.45) is 0 Å². The van der Waals surface area contributed by atoms with Gasteiger partial charge in [0.1, 0.15) is 0 Å². The molecule has 0 radical (unpaired) electrons. The summed E-state index contributed by atoms with van der Waals surface area (Å²) in [5.74, 6) is 0. The Kier molecular flexibility index (Phi) is 3.42. The van der Waals surface area contributed by atoms with Crippen LogP contribution in [0.5, 0.6) is 0 Å². The van der Waals surface area contributed by atoms with Crippen LogP contribution in [-0.4, -0.2) is 61.7 Å². The highest BCUT2D eigenvalue weighted by atomic mass is 15.3. The van der Waals surface area contributed by atoms with Crippen LogP contribution in [0.3, 0.4) is 0 Å². The Morgan fingerprint density at radius 1 is 1.14 bits per heavy atom. The van der Waals surface area contributed by atoms with E-state index in [4.69, 9.17) is 0 Å². The Balaban J connectivity index is 1.85. The predicted octanol–water partition coefficient (Wildman–Crippen LogP) is 0.374. The lowest BCUT2D eigenvalue weighted by Crippen LogP contribution is -2.55. The molecule has 0 saturated carbocycles. The maximum absolute atomic E-state index is 3.44. The summed E-state index contributed by atoms with van der Waals surface area (Å²) >= 11 is 0. The molecular formula is C11H23N3. The van der Waals surface area contributed by atoms with Crippen LogP contribution in [0, 0.1) is 0 Å². The molecule has 0 aromatic heterocycles. The van der Waals surface area contributed by atoms with Crippen molar-refractivity contribution in [2.45, 2.75) is 31.8 Å². The van der Waals surface area contributed by atoms with Gasteiger partial charge >= 0.3 is 0 Å². The van der Waals surface area contributed by atoms with E-state index in [9.17, 15) is 0 Å². The average molecular weight is 197 g/mol. The summed E-state index contributed by atoms with van der Waals surface area (Å²) in [6, 6.07) is 1.59. The van der Waals surface area contributed by atoms with E-state index in [-0.39, 0.29) is 0 Å². The van der Waals surface area contributed by atoms with E-state index in [0.717, 1.165) is 12.1 Å². The standard InChI is InChI=1S/C11H23N3/c1-10-9-14(8-7-13(10)2)11-3-5-12-6-4-11/h10-12H,3-9H2,1-2H3. The summed E-state index contributed by atoms with van der Waals surface area (Å²) in [6.07, 6.45) is 2.69. The zero-order valence-electron chi connectivity index (χ0n) is 9.50. The minimum Gasteiger partial charge on any atom is -0.317 e. The molecule has 1 atom stereocenters.